The molecule has 4 fully saturated rings. The second-order valence-corrected chi connectivity index (χ2v) is 21.2. The molecule has 22 heteroatoms. The van der Waals surface area contributed by atoms with E-state index in [9.17, 15) is 28.6 Å². The van der Waals surface area contributed by atoms with Crippen LogP contribution < -0.4 is 30.3 Å². The minimum Gasteiger partial charge on any atom is -0.507 e. The lowest BCUT2D eigenvalue weighted by molar-refractivity contribution is -0.141. The number of hydrogen-bond donors (Lipinski definition) is 4. The van der Waals surface area contributed by atoms with Crippen LogP contribution in [-0.4, -0.2) is 165 Å². The first-order chi connectivity index (χ1) is 36.8. The predicted octanol–water partition coefficient (Wildman–Crippen LogP) is 6.00. The van der Waals surface area contributed by atoms with Gasteiger partial charge in [0.1, 0.15) is 37.0 Å². The van der Waals surface area contributed by atoms with E-state index in [1.807, 2.05) is 57.3 Å². The molecule has 2 aromatic carbocycles. The topological polar surface area (TPSA) is 225 Å². The van der Waals surface area contributed by atoms with Gasteiger partial charge in [-0.15, -0.1) is 21.5 Å². The number of rotatable bonds is 19. The summed E-state index contributed by atoms with van der Waals surface area (Å²) in [7, 11) is 0. The van der Waals surface area contributed by atoms with Gasteiger partial charge < -0.3 is 50.0 Å². The highest BCUT2D eigenvalue weighted by Gasteiger charge is 2.45. The van der Waals surface area contributed by atoms with Crippen molar-refractivity contribution >= 4 is 40.3 Å². The Labute approximate surface area is 443 Å². The Morgan fingerprint density at radius 3 is 2.25 bits per heavy atom. The summed E-state index contributed by atoms with van der Waals surface area (Å²) >= 11 is 1.45. The van der Waals surface area contributed by atoms with Gasteiger partial charge in [0.2, 0.25) is 17.7 Å². The first kappa shape index (κ1) is 52.4. The Hall–Kier alpha value is -7.01. The summed E-state index contributed by atoms with van der Waals surface area (Å²) in [5, 5.41) is 36.2. The summed E-state index contributed by atoms with van der Waals surface area (Å²) in [6, 6.07) is 19.0. The molecule has 19 nitrogen and oxygen atoms in total. The Morgan fingerprint density at radius 1 is 0.895 bits per heavy atom. The number of β-amino-alcohol motifs (C(OH)–C–C–N with tert-alkyl or cyclic N) is 1. The van der Waals surface area contributed by atoms with Crippen LogP contribution in [0.5, 0.6) is 17.5 Å². The van der Waals surface area contributed by atoms with Crippen molar-refractivity contribution in [2.45, 2.75) is 82.6 Å². The highest BCUT2D eigenvalue weighted by atomic mass is 32.1. The van der Waals surface area contributed by atoms with Gasteiger partial charge in [0.05, 0.1) is 33.6 Å². The standard InChI is InChI=1S/C54H64F2N12O7S/c1-32(2)48(54(72)67-30-39(69)25-43(67)53(71)60-49(51(55)56)34-8-10-35(11-9-34)50-33(3)59-31-76-50)45-27-47(63-75-45)74-23-21-65-18-16-64(17-19-65)20-22-73-46-24-36(14-15-58-46)68-37-12-13-38(68)29-66(28-37)42-26-41(61-62-52(42)57)40-6-4-5-7-44(40)70/h4-11,14-15,24,26-27,31-32,37-39,43,48-49,51,69-70H,12-13,16-23,25,28-30H2,1-3H3,(H2,57,62)(H,60,71)/t37?,38?,39-,43+,48?,49-/m1/s1. The predicted molar refractivity (Wildman–Crippen MR) is 283 cm³/mol. The summed E-state index contributed by atoms with van der Waals surface area (Å²) in [6.45, 7) is 12.6. The Balaban J connectivity index is 0.664. The number of thiazole rings is 1. The number of para-hydroxylation sites is 1. The van der Waals surface area contributed by atoms with Crippen molar-refractivity contribution in [3.63, 3.8) is 0 Å². The number of aromatic hydroxyl groups is 1. The van der Waals surface area contributed by atoms with Gasteiger partial charge in [0.15, 0.2) is 11.6 Å². The number of benzene rings is 2. The average Bonchev–Trinajstić information content (AvgIpc) is 4.22. The first-order valence-electron chi connectivity index (χ1n) is 25.9. The van der Waals surface area contributed by atoms with Crippen LogP contribution in [0.3, 0.4) is 0 Å². The molecule has 5 N–H and O–H groups in total. The normalized spacial score (nSPS) is 20.9. The molecule has 8 heterocycles. The fourth-order valence-corrected chi connectivity index (χ4v) is 11.9. The summed E-state index contributed by atoms with van der Waals surface area (Å²) in [5.41, 5.74) is 13.1. The molecule has 10 rings (SSSR count). The zero-order valence-electron chi connectivity index (χ0n) is 42.8. The molecule has 3 unspecified atom stereocenters. The fourth-order valence-electron chi connectivity index (χ4n) is 11.1. The van der Waals surface area contributed by atoms with Crippen LogP contribution in [0.4, 0.5) is 26.0 Å². The van der Waals surface area contributed by atoms with Gasteiger partial charge in [-0.25, -0.2) is 18.7 Å². The zero-order chi connectivity index (χ0) is 53.0. The second-order valence-electron chi connectivity index (χ2n) is 20.3. The number of alkyl halides is 2. The number of carbonyl (C=O) groups excluding carboxylic acids is 2. The van der Waals surface area contributed by atoms with Gasteiger partial charge in [-0.2, -0.15) is 0 Å². The Morgan fingerprint density at radius 2 is 1.59 bits per heavy atom. The molecule has 4 saturated heterocycles. The minimum atomic E-state index is -2.93. The minimum absolute atomic E-state index is 0.0993. The van der Waals surface area contributed by atoms with Gasteiger partial charge >= 0.3 is 0 Å². The summed E-state index contributed by atoms with van der Waals surface area (Å²) < 4.78 is 46.9. The Bertz CT molecular complexity index is 2940. The van der Waals surface area contributed by atoms with Crippen molar-refractivity contribution in [2.24, 2.45) is 5.92 Å². The van der Waals surface area contributed by atoms with Crippen molar-refractivity contribution < 1.29 is 42.6 Å². The van der Waals surface area contributed by atoms with E-state index in [4.69, 9.17) is 19.7 Å². The number of carbonyl (C=O) groups is 2. The molecule has 6 atom stereocenters. The number of nitrogens with two attached hydrogens (primary N) is 1. The van der Waals surface area contributed by atoms with E-state index in [-0.39, 0.29) is 53.9 Å². The lowest BCUT2D eigenvalue weighted by Crippen LogP contribution is -2.54. The van der Waals surface area contributed by atoms with Crippen LogP contribution in [0.1, 0.15) is 62.1 Å². The van der Waals surface area contributed by atoms with Crippen LogP contribution in [0.2, 0.25) is 0 Å². The van der Waals surface area contributed by atoms with Crippen LogP contribution in [0, 0.1) is 12.8 Å². The van der Waals surface area contributed by atoms with Gasteiger partial charge in [0.25, 0.3) is 12.3 Å². The summed E-state index contributed by atoms with van der Waals surface area (Å²) in [5.74, 6) is -0.875. The number of aromatic nitrogens is 5. The van der Waals surface area contributed by atoms with E-state index in [0.29, 0.717) is 42.7 Å². The van der Waals surface area contributed by atoms with Crippen molar-refractivity contribution in [1.82, 2.24) is 45.3 Å². The molecule has 0 spiro atoms. The maximum Gasteiger partial charge on any atom is 0.262 e. The smallest absolute Gasteiger partial charge is 0.262 e. The number of piperazine rings is 2. The average molecular weight is 1060 g/mol. The first-order valence-corrected chi connectivity index (χ1v) is 26.8. The summed E-state index contributed by atoms with van der Waals surface area (Å²) in [4.78, 5) is 48.4. The number of aryl methyl sites for hydroxylation is 1. The third-order valence-corrected chi connectivity index (χ3v) is 16.0. The maximum absolute atomic E-state index is 14.5. The van der Waals surface area contributed by atoms with E-state index >= 15 is 0 Å². The third kappa shape index (κ3) is 11.5. The molecular weight excluding hydrogens is 999 g/mol. The number of phenols is 1. The van der Waals surface area contributed by atoms with Crippen LogP contribution in [-0.2, 0) is 9.59 Å². The lowest BCUT2D eigenvalue weighted by atomic mass is 9.91. The van der Waals surface area contributed by atoms with E-state index in [0.717, 1.165) is 86.2 Å². The van der Waals surface area contributed by atoms with Gasteiger partial charge in [-0.05, 0) is 66.2 Å². The number of hydrogen-bond acceptors (Lipinski definition) is 18. The van der Waals surface area contributed by atoms with Crippen molar-refractivity contribution in [3.05, 3.63) is 102 Å². The second kappa shape index (κ2) is 23.1. The molecule has 4 aromatic heterocycles. The number of nitrogens with one attached hydrogen (secondary N) is 1. The monoisotopic (exact) mass is 1060 g/mol. The number of aliphatic hydroxyl groups is 1. The molecular formula is C54H64F2N12O7S. The van der Waals surface area contributed by atoms with Gasteiger partial charge in [-0.3, -0.25) is 19.4 Å². The molecule has 76 heavy (non-hydrogen) atoms. The van der Waals surface area contributed by atoms with Crippen molar-refractivity contribution in [2.75, 3.05) is 87.7 Å². The molecule has 402 valence electrons. The molecule has 0 aliphatic carbocycles. The molecule has 2 amide bonds. The largest absolute Gasteiger partial charge is 0.507 e. The van der Waals surface area contributed by atoms with E-state index in [1.54, 1.807) is 48.0 Å². The highest BCUT2D eigenvalue weighted by Crippen LogP contribution is 2.40. The summed E-state index contributed by atoms with van der Waals surface area (Å²) in [6.07, 6.45) is -0.145. The molecule has 0 radical (unpaired) electrons. The van der Waals surface area contributed by atoms with E-state index < -0.39 is 42.3 Å². The molecule has 6 aromatic rings. The number of pyridine rings is 1. The number of ether oxygens (including phenoxy) is 2. The zero-order valence-corrected chi connectivity index (χ0v) is 43.6. The van der Waals surface area contributed by atoms with Gasteiger partial charge in [0, 0.05) is 107 Å². The number of phenolic OH excluding ortho intramolecular Hbond substituents is 1. The fraction of sp³-hybridized carbons (Fsp3) is 0.463. The van der Waals surface area contributed by atoms with Crippen LogP contribution in [0.15, 0.2) is 89.0 Å². The molecule has 4 aliphatic rings. The third-order valence-electron chi connectivity index (χ3n) is 15.0. The van der Waals surface area contributed by atoms with Crippen LogP contribution >= 0.6 is 11.3 Å². The Kier molecular flexibility index (Phi) is 15.9. The van der Waals surface area contributed by atoms with E-state index in [2.05, 4.69) is 50.2 Å². The number of halogens is 2. The highest BCUT2D eigenvalue weighted by molar-refractivity contribution is 7.13. The number of fused-ring (bicyclic) bond motifs is 2. The number of aliphatic hydroxyl groups excluding tert-OH is 1. The number of anilines is 3. The van der Waals surface area contributed by atoms with Crippen LogP contribution in [0.25, 0.3) is 21.7 Å². The van der Waals surface area contributed by atoms with Crippen molar-refractivity contribution in [3.8, 4) is 39.2 Å². The molecule has 0 saturated carbocycles. The lowest BCUT2D eigenvalue weighted by Gasteiger charge is -2.43. The van der Waals surface area contributed by atoms with Crippen molar-refractivity contribution in [1.29, 1.82) is 0 Å². The number of nitrogen functional groups attached to an aromatic ring is 1. The van der Waals surface area contributed by atoms with E-state index in [1.165, 1.54) is 16.2 Å². The number of amides is 2. The quantitative estimate of drug-likeness (QED) is 0.0730. The SMILES string of the molecule is Cc1ncsc1-c1ccc([C@@H](NC(=O)[C@@H]2C[C@@H](O)CN2C(=O)C(c2cc(OCCN3CCN(CCOc4cc(N5C6CCC5CN(c5cc(-c7ccccc7O)nnc5N)C6)ccn4)CC3)no2)C(C)C)C(F)F)cc1. The molecule has 2 bridgehead atoms. The maximum atomic E-state index is 14.5. The number of likely N-dealkylation sites (tertiary alicyclic amines) is 1. The van der Waals surface area contributed by atoms with Gasteiger partial charge in [-0.1, -0.05) is 50.2 Å². The molecule has 4 aliphatic heterocycles. The number of nitrogens with zero attached hydrogens (tertiary/aromatic N) is 10.